The van der Waals surface area contributed by atoms with Crippen LogP contribution in [0.2, 0.25) is 0 Å². The monoisotopic (exact) mass is 395 g/mol. The number of carbonyl (C=O) groups is 2. The maximum Gasteiger partial charge on any atom is 0.248 e. The van der Waals surface area contributed by atoms with Crippen LogP contribution < -0.4 is 11.1 Å². The number of primary amides is 1. The van der Waals surface area contributed by atoms with E-state index in [1.54, 1.807) is 35.6 Å². The van der Waals surface area contributed by atoms with Gasteiger partial charge in [0.25, 0.3) is 0 Å². The van der Waals surface area contributed by atoms with E-state index in [-0.39, 0.29) is 11.9 Å². The van der Waals surface area contributed by atoms with E-state index in [4.69, 9.17) is 5.73 Å². The van der Waals surface area contributed by atoms with Crippen molar-refractivity contribution in [2.75, 3.05) is 12.4 Å². The first-order valence-electron chi connectivity index (χ1n) is 7.00. The molecule has 3 N–H and O–H groups in total. The Kier molecular flexibility index (Phi) is 5.92. The van der Waals surface area contributed by atoms with E-state index in [0.717, 1.165) is 4.47 Å². The van der Waals surface area contributed by atoms with Crippen LogP contribution in [0.5, 0.6) is 0 Å². The Balaban J connectivity index is 1.94. The molecular formula is C16H18BrN3O2S. The number of nitrogens with two attached hydrogens (primary N) is 1. The van der Waals surface area contributed by atoms with Gasteiger partial charge in [-0.15, -0.1) is 11.3 Å². The highest BCUT2D eigenvalue weighted by atomic mass is 79.9. The van der Waals surface area contributed by atoms with Crippen molar-refractivity contribution in [1.29, 1.82) is 0 Å². The molecule has 5 nitrogen and oxygen atoms in total. The third-order valence-electron chi connectivity index (χ3n) is 3.50. The number of hydrogen-bond donors (Lipinski definition) is 2. The molecule has 2 rings (SSSR count). The Morgan fingerprint density at radius 1 is 1.35 bits per heavy atom. The van der Waals surface area contributed by atoms with Crippen LogP contribution in [0.15, 0.2) is 40.2 Å². The summed E-state index contributed by atoms with van der Waals surface area (Å²) in [6, 6.07) is 8.29. The Morgan fingerprint density at radius 3 is 2.52 bits per heavy atom. The van der Waals surface area contributed by atoms with Crippen LogP contribution in [0.4, 0.5) is 5.69 Å². The number of nitrogens with zero attached hydrogens (tertiary/aromatic N) is 1. The number of hydrogen-bond acceptors (Lipinski definition) is 4. The molecule has 0 radical (unpaired) electrons. The molecule has 1 unspecified atom stereocenters. The van der Waals surface area contributed by atoms with Gasteiger partial charge in [-0.05, 0) is 60.2 Å². The smallest absolute Gasteiger partial charge is 0.248 e. The maximum atomic E-state index is 12.3. The molecule has 122 valence electrons. The van der Waals surface area contributed by atoms with Gasteiger partial charge in [-0.3, -0.25) is 14.5 Å². The average molecular weight is 396 g/mol. The molecule has 0 aliphatic rings. The summed E-state index contributed by atoms with van der Waals surface area (Å²) in [5.41, 5.74) is 6.24. The molecule has 0 saturated carbocycles. The van der Waals surface area contributed by atoms with Gasteiger partial charge in [0.1, 0.15) is 0 Å². The van der Waals surface area contributed by atoms with E-state index in [1.165, 1.54) is 4.88 Å². The van der Waals surface area contributed by atoms with Gasteiger partial charge in [-0.2, -0.15) is 0 Å². The molecule has 2 aromatic rings. The van der Waals surface area contributed by atoms with Crippen LogP contribution in [-0.2, 0) is 11.3 Å². The van der Waals surface area contributed by atoms with Gasteiger partial charge < -0.3 is 11.1 Å². The summed E-state index contributed by atoms with van der Waals surface area (Å²) in [6.45, 7) is 2.56. The van der Waals surface area contributed by atoms with Crippen LogP contribution in [0, 0.1) is 0 Å². The van der Waals surface area contributed by atoms with E-state index in [2.05, 4.69) is 21.2 Å². The zero-order valence-corrected chi connectivity index (χ0v) is 15.3. The first-order valence-corrected chi connectivity index (χ1v) is 8.68. The molecule has 1 heterocycles. The molecule has 23 heavy (non-hydrogen) atoms. The highest BCUT2D eigenvalue weighted by Gasteiger charge is 2.19. The van der Waals surface area contributed by atoms with Crippen LogP contribution >= 0.6 is 27.3 Å². The average Bonchev–Trinajstić information content (AvgIpc) is 2.92. The summed E-state index contributed by atoms with van der Waals surface area (Å²) in [4.78, 5) is 26.5. The Hall–Kier alpha value is -1.70. The molecule has 1 atom stereocenters. The van der Waals surface area contributed by atoms with Crippen molar-refractivity contribution in [2.24, 2.45) is 5.73 Å². The van der Waals surface area contributed by atoms with E-state index in [1.807, 2.05) is 30.3 Å². The maximum absolute atomic E-state index is 12.3. The lowest BCUT2D eigenvalue weighted by molar-refractivity contribution is -0.120. The van der Waals surface area contributed by atoms with Crippen LogP contribution in [-0.4, -0.2) is 29.8 Å². The van der Waals surface area contributed by atoms with Gasteiger partial charge in [-0.1, -0.05) is 0 Å². The molecule has 1 aromatic heterocycles. The number of anilines is 1. The fourth-order valence-corrected chi connectivity index (χ4v) is 3.50. The first kappa shape index (κ1) is 17.7. The zero-order valence-electron chi connectivity index (χ0n) is 12.9. The van der Waals surface area contributed by atoms with Crippen molar-refractivity contribution in [3.8, 4) is 0 Å². The summed E-state index contributed by atoms with van der Waals surface area (Å²) in [6.07, 6.45) is 0. The normalized spacial score (nSPS) is 12.2. The number of thiophene rings is 1. The number of benzene rings is 1. The number of amides is 2. The summed E-state index contributed by atoms with van der Waals surface area (Å²) >= 11 is 5.08. The topological polar surface area (TPSA) is 75.4 Å². The Labute approximate surface area is 147 Å². The van der Waals surface area contributed by atoms with E-state index in [9.17, 15) is 9.59 Å². The molecule has 0 saturated heterocycles. The molecule has 7 heteroatoms. The fourth-order valence-electron chi connectivity index (χ4n) is 1.98. The minimum Gasteiger partial charge on any atom is -0.366 e. The van der Waals surface area contributed by atoms with Crippen molar-refractivity contribution in [1.82, 2.24) is 4.90 Å². The molecule has 1 aromatic carbocycles. The fraction of sp³-hybridized carbons (Fsp3) is 0.250. The number of rotatable bonds is 6. The van der Waals surface area contributed by atoms with E-state index < -0.39 is 5.91 Å². The summed E-state index contributed by atoms with van der Waals surface area (Å²) in [5.74, 6) is -0.590. The lowest BCUT2D eigenvalue weighted by atomic mass is 10.2. The van der Waals surface area contributed by atoms with Gasteiger partial charge in [-0.25, -0.2) is 0 Å². The molecular weight excluding hydrogens is 378 g/mol. The van der Waals surface area contributed by atoms with Crippen LogP contribution in [0.3, 0.4) is 0 Å². The standard InChI is InChI=1S/C16H18BrN3O2S/c1-10(20(2)8-14-7-12(17)9-23-14)16(22)19-13-5-3-11(4-6-13)15(18)21/h3-7,9-10H,8H2,1-2H3,(H2,18,21)(H,19,22). The number of likely N-dealkylation sites (N-methyl/N-ethyl adjacent to an activating group) is 1. The predicted octanol–water partition coefficient (Wildman–Crippen LogP) is 3.07. The minimum absolute atomic E-state index is 0.102. The predicted molar refractivity (Wildman–Crippen MR) is 96.5 cm³/mol. The lowest BCUT2D eigenvalue weighted by Gasteiger charge is -2.23. The second-order valence-electron chi connectivity index (χ2n) is 5.25. The second kappa shape index (κ2) is 7.72. The molecule has 0 bridgehead atoms. The van der Waals surface area contributed by atoms with E-state index in [0.29, 0.717) is 17.8 Å². The SMILES string of the molecule is CC(C(=O)Nc1ccc(C(N)=O)cc1)N(C)Cc1cc(Br)cs1. The number of carbonyl (C=O) groups excluding carboxylic acids is 2. The van der Waals surface area contributed by atoms with Gasteiger partial charge in [0, 0.05) is 32.5 Å². The van der Waals surface area contributed by atoms with Crippen molar-refractivity contribution in [2.45, 2.75) is 19.5 Å². The van der Waals surface area contributed by atoms with Crippen molar-refractivity contribution < 1.29 is 9.59 Å². The van der Waals surface area contributed by atoms with Crippen LogP contribution in [0.25, 0.3) is 0 Å². The van der Waals surface area contributed by atoms with Crippen molar-refractivity contribution in [3.63, 3.8) is 0 Å². The number of nitrogens with one attached hydrogen (secondary N) is 1. The highest BCUT2D eigenvalue weighted by molar-refractivity contribution is 9.10. The Morgan fingerprint density at radius 2 is 2.00 bits per heavy atom. The first-order chi connectivity index (χ1) is 10.9. The van der Waals surface area contributed by atoms with Crippen molar-refractivity contribution >= 4 is 44.8 Å². The molecule has 2 amide bonds. The largest absolute Gasteiger partial charge is 0.366 e. The third-order valence-corrected chi connectivity index (χ3v) is 5.19. The molecule has 0 spiro atoms. The highest BCUT2D eigenvalue weighted by Crippen LogP contribution is 2.21. The van der Waals surface area contributed by atoms with Gasteiger partial charge in [0.15, 0.2) is 0 Å². The molecule has 0 aliphatic heterocycles. The van der Waals surface area contributed by atoms with Gasteiger partial charge in [0.05, 0.1) is 6.04 Å². The number of halogens is 1. The van der Waals surface area contributed by atoms with Gasteiger partial charge >= 0.3 is 0 Å². The third kappa shape index (κ3) is 4.89. The minimum atomic E-state index is -0.488. The molecule has 0 fully saturated rings. The summed E-state index contributed by atoms with van der Waals surface area (Å²) in [5, 5.41) is 4.86. The summed E-state index contributed by atoms with van der Waals surface area (Å²) in [7, 11) is 1.91. The lowest BCUT2D eigenvalue weighted by Crippen LogP contribution is -2.39. The van der Waals surface area contributed by atoms with Gasteiger partial charge in [0.2, 0.25) is 11.8 Å². The van der Waals surface area contributed by atoms with Crippen LogP contribution in [0.1, 0.15) is 22.2 Å². The Bertz CT molecular complexity index is 700. The quantitative estimate of drug-likeness (QED) is 0.788. The zero-order chi connectivity index (χ0) is 17.0. The summed E-state index contributed by atoms with van der Waals surface area (Å²) < 4.78 is 1.05. The van der Waals surface area contributed by atoms with E-state index >= 15 is 0 Å². The second-order valence-corrected chi connectivity index (χ2v) is 7.16. The molecule has 0 aliphatic carbocycles. The van der Waals surface area contributed by atoms with Crippen molar-refractivity contribution in [3.05, 3.63) is 50.6 Å².